The van der Waals surface area contributed by atoms with E-state index in [1.807, 2.05) is 0 Å². The summed E-state index contributed by atoms with van der Waals surface area (Å²) in [4.78, 5) is 10.6. The molecule has 0 spiro atoms. The van der Waals surface area contributed by atoms with Gasteiger partial charge in [-0.25, -0.2) is 9.18 Å². The van der Waals surface area contributed by atoms with Crippen LogP contribution in [0.15, 0.2) is 28.7 Å². The van der Waals surface area contributed by atoms with Gasteiger partial charge in [0, 0.05) is 10.5 Å². The molecule has 2 rings (SSSR count). The second-order valence-corrected chi connectivity index (χ2v) is 4.28. The van der Waals surface area contributed by atoms with Gasteiger partial charge >= 0.3 is 5.97 Å². The minimum Gasteiger partial charge on any atom is -0.476 e. The number of aromatic carboxylic acids is 1. The van der Waals surface area contributed by atoms with Crippen molar-refractivity contribution < 1.29 is 23.4 Å². The number of halogens is 3. The molecule has 5 nitrogen and oxygen atoms in total. The van der Waals surface area contributed by atoms with Gasteiger partial charge < -0.3 is 9.84 Å². The standard InChI is InChI=1S/C11H5BrF2N2O3/c12-5-3-6(13)10(14)8(4-5)19-9-2-1-7(11(17)18)15-16-9/h1-4H,(H,17,18). The predicted molar refractivity (Wildman–Crippen MR) is 63.1 cm³/mol. The summed E-state index contributed by atoms with van der Waals surface area (Å²) in [5.41, 5.74) is -0.284. The first-order valence-corrected chi connectivity index (χ1v) is 5.66. The molecular formula is C11H5BrF2N2O3. The second kappa shape index (κ2) is 5.27. The van der Waals surface area contributed by atoms with Crippen LogP contribution in [-0.4, -0.2) is 21.3 Å². The van der Waals surface area contributed by atoms with E-state index in [0.717, 1.165) is 12.1 Å². The minimum absolute atomic E-state index is 0.151. The molecule has 1 aromatic carbocycles. The Balaban J connectivity index is 2.28. The van der Waals surface area contributed by atoms with Gasteiger partial charge in [0.25, 0.3) is 0 Å². The second-order valence-electron chi connectivity index (χ2n) is 3.36. The van der Waals surface area contributed by atoms with Gasteiger partial charge in [0.05, 0.1) is 0 Å². The fourth-order valence-electron chi connectivity index (χ4n) is 1.21. The van der Waals surface area contributed by atoms with Crippen LogP contribution >= 0.6 is 15.9 Å². The number of aromatic nitrogens is 2. The fourth-order valence-corrected chi connectivity index (χ4v) is 1.62. The van der Waals surface area contributed by atoms with E-state index in [0.29, 0.717) is 0 Å². The van der Waals surface area contributed by atoms with Crippen LogP contribution in [0.1, 0.15) is 10.5 Å². The Hall–Kier alpha value is -2.09. The lowest BCUT2D eigenvalue weighted by Crippen LogP contribution is -2.02. The maximum absolute atomic E-state index is 13.4. The normalized spacial score (nSPS) is 10.3. The SMILES string of the molecule is O=C(O)c1ccc(Oc2cc(Br)cc(F)c2F)nn1. The van der Waals surface area contributed by atoms with Crippen LogP contribution in [0.3, 0.4) is 0 Å². The highest BCUT2D eigenvalue weighted by molar-refractivity contribution is 9.10. The fraction of sp³-hybridized carbons (Fsp3) is 0. The first-order chi connectivity index (χ1) is 8.97. The number of carboxylic acids is 1. The first kappa shape index (κ1) is 13.3. The number of hydrogen-bond donors (Lipinski definition) is 1. The van der Waals surface area contributed by atoms with Crippen LogP contribution in [-0.2, 0) is 0 Å². The van der Waals surface area contributed by atoms with Crippen LogP contribution in [0.4, 0.5) is 8.78 Å². The third-order valence-corrected chi connectivity index (χ3v) is 2.49. The molecular weight excluding hydrogens is 326 g/mol. The summed E-state index contributed by atoms with van der Waals surface area (Å²) in [7, 11) is 0. The van der Waals surface area contributed by atoms with E-state index in [1.165, 1.54) is 12.1 Å². The topological polar surface area (TPSA) is 72.3 Å². The Kier molecular flexibility index (Phi) is 3.70. The van der Waals surface area contributed by atoms with E-state index < -0.39 is 17.6 Å². The third-order valence-electron chi connectivity index (χ3n) is 2.03. The molecule has 8 heteroatoms. The molecule has 1 heterocycles. The van der Waals surface area contributed by atoms with E-state index in [4.69, 9.17) is 9.84 Å². The Morgan fingerprint density at radius 3 is 2.58 bits per heavy atom. The number of carboxylic acid groups (broad SMARTS) is 1. The van der Waals surface area contributed by atoms with Crippen molar-refractivity contribution in [2.75, 3.05) is 0 Å². The molecule has 0 fully saturated rings. The van der Waals surface area contributed by atoms with Gasteiger partial charge in [0.15, 0.2) is 17.3 Å². The molecule has 0 aliphatic carbocycles. The van der Waals surface area contributed by atoms with Crippen LogP contribution in [0.2, 0.25) is 0 Å². The van der Waals surface area contributed by atoms with Crippen molar-refractivity contribution in [3.63, 3.8) is 0 Å². The maximum Gasteiger partial charge on any atom is 0.356 e. The Bertz CT molecular complexity index is 635. The molecule has 0 atom stereocenters. The summed E-state index contributed by atoms with van der Waals surface area (Å²) < 4.78 is 31.8. The lowest BCUT2D eigenvalue weighted by molar-refractivity contribution is 0.0689. The van der Waals surface area contributed by atoms with Gasteiger partial charge in [0.1, 0.15) is 0 Å². The highest BCUT2D eigenvalue weighted by Crippen LogP contribution is 2.28. The van der Waals surface area contributed by atoms with Gasteiger partial charge in [-0.2, -0.15) is 4.39 Å². The summed E-state index contributed by atoms with van der Waals surface area (Å²) in [5.74, 6) is -4.05. The number of rotatable bonds is 3. The molecule has 98 valence electrons. The quantitative estimate of drug-likeness (QED) is 0.876. The van der Waals surface area contributed by atoms with E-state index in [1.54, 1.807) is 0 Å². The van der Waals surface area contributed by atoms with E-state index in [9.17, 15) is 13.6 Å². The summed E-state index contributed by atoms with van der Waals surface area (Å²) in [6.07, 6.45) is 0. The molecule has 0 radical (unpaired) electrons. The highest BCUT2D eigenvalue weighted by Gasteiger charge is 2.13. The van der Waals surface area contributed by atoms with Gasteiger partial charge in [0.2, 0.25) is 11.7 Å². The molecule has 0 saturated carbocycles. The number of ether oxygens (including phenoxy) is 1. The third kappa shape index (κ3) is 3.02. The number of hydrogen-bond acceptors (Lipinski definition) is 4. The van der Waals surface area contributed by atoms with E-state index in [2.05, 4.69) is 26.1 Å². The van der Waals surface area contributed by atoms with Gasteiger partial charge in [-0.3, -0.25) is 0 Å². The molecule has 0 aliphatic heterocycles. The Labute approximate surface area is 114 Å². The van der Waals surface area contributed by atoms with E-state index in [-0.39, 0.29) is 21.8 Å². The van der Waals surface area contributed by atoms with Crippen LogP contribution in [0.25, 0.3) is 0 Å². The molecule has 2 aromatic rings. The summed E-state index contributed by atoms with van der Waals surface area (Å²) in [6.45, 7) is 0. The summed E-state index contributed by atoms with van der Waals surface area (Å²) in [5, 5.41) is 15.4. The van der Waals surface area contributed by atoms with Crippen LogP contribution in [0.5, 0.6) is 11.6 Å². The van der Waals surface area contributed by atoms with Crippen LogP contribution in [0, 0.1) is 11.6 Å². The number of nitrogens with zero attached hydrogens (tertiary/aromatic N) is 2. The number of benzene rings is 1. The average molecular weight is 331 g/mol. The van der Waals surface area contributed by atoms with E-state index >= 15 is 0 Å². The molecule has 1 N–H and O–H groups in total. The molecule has 19 heavy (non-hydrogen) atoms. The largest absolute Gasteiger partial charge is 0.476 e. The summed E-state index contributed by atoms with van der Waals surface area (Å²) in [6, 6.07) is 4.48. The van der Waals surface area contributed by atoms with Crippen molar-refractivity contribution in [2.45, 2.75) is 0 Å². The molecule has 0 saturated heterocycles. The van der Waals surface area contributed by atoms with Crippen molar-refractivity contribution in [1.29, 1.82) is 0 Å². The number of carbonyl (C=O) groups is 1. The van der Waals surface area contributed by atoms with Gasteiger partial charge in [-0.05, 0) is 18.2 Å². The molecule has 0 unspecified atom stereocenters. The lowest BCUT2D eigenvalue weighted by atomic mass is 10.3. The average Bonchev–Trinajstić information content (AvgIpc) is 2.36. The van der Waals surface area contributed by atoms with Crippen molar-refractivity contribution in [3.05, 3.63) is 46.1 Å². The zero-order chi connectivity index (χ0) is 14.0. The van der Waals surface area contributed by atoms with Crippen molar-refractivity contribution in [3.8, 4) is 11.6 Å². The maximum atomic E-state index is 13.4. The van der Waals surface area contributed by atoms with Gasteiger partial charge in [-0.1, -0.05) is 15.9 Å². The molecule has 0 bridgehead atoms. The van der Waals surface area contributed by atoms with Crippen molar-refractivity contribution in [1.82, 2.24) is 10.2 Å². The zero-order valence-electron chi connectivity index (χ0n) is 9.10. The molecule has 1 aromatic heterocycles. The molecule has 0 aliphatic rings. The monoisotopic (exact) mass is 330 g/mol. The lowest BCUT2D eigenvalue weighted by Gasteiger charge is -2.06. The van der Waals surface area contributed by atoms with Crippen molar-refractivity contribution >= 4 is 21.9 Å². The molecule has 0 amide bonds. The zero-order valence-corrected chi connectivity index (χ0v) is 10.7. The van der Waals surface area contributed by atoms with Crippen molar-refractivity contribution in [2.24, 2.45) is 0 Å². The smallest absolute Gasteiger partial charge is 0.356 e. The Morgan fingerprint density at radius 2 is 2.00 bits per heavy atom. The Morgan fingerprint density at radius 1 is 1.26 bits per heavy atom. The highest BCUT2D eigenvalue weighted by atomic mass is 79.9. The minimum atomic E-state index is -1.25. The van der Waals surface area contributed by atoms with Crippen LogP contribution < -0.4 is 4.74 Å². The first-order valence-electron chi connectivity index (χ1n) is 4.87. The van der Waals surface area contributed by atoms with Gasteiger partial charge in [-0.15, -0.1) is 10.2 Å². The predicted octanol–water partition coefficient (Wildman–Crippen LogP) is 3.01. The summed E-state index contributed by atoms with van der Waals surface area (Å²) >= 11 is 2.99.